The van der Waals surface area contributed by atoms with Crippen LogP contribution >= 0.6 is 24.0 Å². The molecular formula is C11H13Cl2N3O2S. The zero-order valence-electron chi connectivity index (χ0n) is 9.91. The molecule has 2 N–H and O–H groups in total. The van der Waals surface area contributed by atoms with Crippen molar-refractivity contribution in [2.75, 3.05) is 13.1 Å². The van der Waals surface area contributed by atoms with Crippen LogP contribution in [0.4, 0.5) is 0 Å². The Hall–Kier alpha value is -0.840. The van der Waals surface area contributed by atoms with Crippen LogP contribution in [0.2, 0.25) is 5.02 Å². The van der Waals surface area contributed by atoms with Gasteiger partial charge in [0.1, 0.15) is 4.90 Å². The lowest BCUT2D eigenvalue weighted by Crippen LogP contribution is -2.32. The molecule has 0 amide bonds. The molecular weight excluding hydrogens is 309 g/mol. The largest absolute Gasteiger partial charge is 0.326 e. The third-order valence-corrected chi connectivity index (χ3v) is 5.21. The van der Waals surface area contributed by atoms with Crippen LogP contribution in [0.3, 0.4) is 0 Å². The van der Waals surface area contributed by atoms with Crippen LogP contribution in [0, 0.1) is 11.3 Å². The summed E-state index contributed by atoms with van der Waals surface area (Å²) in [5.41, 5.74) is 6.03. The molecule has 104 valence electrons. The molecule has 8 heteroatoms. The van der Waals surface area contributed by atoms with Crippen molar-refractivity contribution in [1.82, 2.24) is 4.31 Å². The molecule has 2 rings (SSSR count). The number of nitriles is 1. The number of nitrogens with two attached hydrogens (primary N) is 1. The summed E-state index contributed by atoms with van der Waals surface area (Å²) in [4.78, 5) is 0.0252. The van der Waals surface area contributed by atoms with Crippen LogP contribution in [0.15, 0.2) is 23.1 Å². The molecule has 1 aromatic carbocycles. The van der Waals surface area contributed by atoms with Crippen LogP contribution in [-0.2, 0) is 10.0 Å². The summed E-state index contributed by atoms with van der Waals surface area (Å²) >= 11 is 5.92. The van der Waals surface area contributed by atoms with Gasteiger partial charge in [-0.3, -0.25) is 0 Å². The number of rotatable bonds is 2. The highest BCUT2D eigenvalue weighted by Crippen LogP contribution is 2.27. The van der Waals surface area contributed by atoms with Gasteiger partial charge in [-0.15, -0.1) is 12.4 Å². The van der Waals surface area contributed by atoms with E-state index in [-0.39, 0.29) is 28.4 Å². The Morgan fingerprint density at radius 1 is 1.47 bits per heavy atom. The molecule has 0 unspecified atom stereocenters. The van der Waals surface area contributed by atoms with Gasteiger partial charge in [-0.05, 0) is 24.6 Å². The predicted octanol–water partition coefficient (Wildman–Crippen LogP) is 1.36. The summed E-state index contributed by atoms with van der Waals surface area (Å²) in [6.07, 6.45) is 0.646. The lowest BCUT2D eigenvalue weighted by molar-refractivity contribution is 0.472. The van der Waals surface area contributed by atoms with Gasteiger partial charge in [0, 0.05) is 19.1 Å². The number of halogens is 2. The minimum Gasteiger partial charge on any atom is -0.326 e. The summed E-state index contributed by atoms with van der Waals surface area (Å²) in [5, 5.41) is 8.78. The van der Waals surface area contributed by atoms with Crippen molar-refractivity contribution in [1.29, 1.82) is 5.26 Å². The van der Waals surface area contributed by atoms with Crippen LogP contribution < -0.4 is 5.73 Å². The van der Waals surface area contributed by atoms with Crippen molar-refractivity contribution in [2.45, 2.75) is 17.4 Å². The van der Waals surface area contributed by atoms with Gasteiger partial charge >= 0.3 is 0 Å². The first-order valence-corrected chi connectivity index (χ1v) is 7.22. The van der Waals surface area contributed by atoms with Crippen LogP contribution in [0.5, 0.6) is 0 Å². The number of hydrogen-bond donors (Lipinski definition) is 1. The molecule has 1 aliphatic heterocycles. The van der Waals surface area contributed by atoms with Crippen molar-refractivity contribution in [2.24, 2.45) is 5.73 Å². The highest BCUT2D eigenvalue weighted by Gasteiger charge is 2.32. The first-order chi connectivity index (χ1) is 8.45. The maximum absolute atomic E-state index is 12.3. The number of hydrogen-bond acceptors (Lipinski definition) is 4. The van der Waals surface area contributed by atoms with Crippen molar-refractivity contribution >= 4 is 34.0 Å². The third-order valence-electron chi connectivity index (χ3n) is 2.87. The second kappa shape index (κ2) is 6.07. The first kappa shape index (κ1) is 16.2. The molecule has 1 atom stereocenters. The minimum atomic E-state index is -3.62. The van der Waals surface area contributed by atoms with E-state index in [4.69, 9.17) is 22.6 Å². The Kier molecular flexibility index (Phi) is 5.18. The number of nitrogens with zero attached hydrogens (tertiary/aromatic N) is 2. The Labute approximate surface area is 123 Å². The van der Waals surface area contributed by atoms with E-state index in [0.717, 1.165) is 0 Å². The highest BCUT2D eigenvalue weighted by atomic mass is 35.5. The fourth-order valence-electron chi connectivity index (χ4n) is 1.89. The fourth-order valence-corrected chi connectivity index (χ4v) is 3.92. The second-order valence-electron chi connectivity index (χ2n) is 4.17. The van der Waals surface area contributed by atoms with Crippen molar-refractivity contribution in [3.63, 3.8) is 0 Å². The van der Waals surface area contributed by atoms with Gasteiger partial charge in [0.15, 0.2) is 0 Å². The summed E-state index contributed by atoms with van der Waals surface area (Å²) in [5.74, 6) is 0. The van der Waals surface area contributed by atoms with E-state index >= 15 is 0 Å². The molecule has 19 heavy (non-hydrogen) atoms. The van der Waals surface area contributed by atoms with Gasteiger partial charge in [0.2, 0.25) is 10.0 Å². The lowest BCUT2D eigenvalue weighted by atomic mass is 10.2. The van der Waals surface area contributed by atoms with E-state index in [0.29, 0.717) is 25.1 Å². The topological polar surface area (TPSA) is 87.2 Å². The Morgan fingerprint density at radius 3 is 2.63 bits per heavy atom. The highest BCUT2D eigenvalue weighted by molar-refractivity contribution is 7.89. The van der Waals surface area contributed by atoms with E-state index in [1.54, 1.807) is 0 Å². The summed E-state index contributed by atoms with van der Waals surface area (Å²) in [7, 11) is -3.62. The van der Waals surface area contributed by atoms with Gasteiger partial charge in [0.25, 0.3) is 0 Å². The minimum absolute atomic E-state index is 0. The summed E-state index contributed by atoms with van der Waals surface area (Å²) in [6, 6.07) is 5.93. The van der Waals surface area contributed by atoms with Crippen LogP contribution in [0.25, 0.3) is 0 Å². The molecule has 1 fully saturated rings. The van der Waals surface area contributed by atoms with Crippen molar-refractivity contribution in [3.8, 4) is 6.07 Å². The molecule has 0 aromatic heterocycles. The zero-order valence-corrected chi connectivity index (χ0v) is 12.3. The monoisotopic (exact) mass is 321 g/mol. The molecule has 1 aromatic rings. The lowest BCUT2D eigenvalue weighted by Gasteiger charge is -2.16. The average Bonchev–Trinajstić information content (AvgIpc) is 2.76. The number of sulfonamides is 1. The Balaban J connectivity index is 0.00000180. The molecule has 0 saturated carbocycles. The van der Waals surface area contributed by atoms with Gasteiger partial charge in [-0.2, -0.15) is 9.57 Å². The molecule has 0 bridgehead atoms. The number of benzene rings is 1. The van der Waals surface area contributed by atoms with Crippen molar-refractivity contribution in [3.05, 3.63) is 28.8 Å². The SMILES string of the molecule is Cl.N#Cc1ccc(S(=O)(=O)N2CC[C@H](N)C2)c(Cl)c1. The van der Waals surface area contributed by atoms with Gasteiger partial charge in [0.05, 0.1) is 16.7 Å². The predicted molar refractivity (Wildman–Crippen MR) is 74.8 cm³/mol. The molecule has 0 aliphatic carbocycles. The Bertz CT molecular complexity index is 613. The van der Waals surface area contributed by atoms with E-state index < -0.39 is 10.0 Å². The van der Waals surface area contributed by atoms with E-state index in [1.165, 1.54) is 22.5 Å². The summed E-state index contributed by atoms with van der Waals surface area (Å²) in [6.45, 7) is 0.707. The molecule has 1 saturated heterocycles. The maximum Gasteiger partial charge on any atom is 0.244 e. The van der Waals surface area contributed by atoms with Gasteiger partial charge < -0.3 is 5.73 Å². The van der Waals surface area contributed by atoms with E-state index in [1.807, 2.05) is 6.07 Å². The van der Waals surface area contributed by atoms with Crippen molar-refractivity contribution < 1.29 is 8.42 Å². The smallest absolute Gasteiger partial charge is 0.244 e. The maximum atomic E-state index is 12.3. The standard InChI is InChI=1S/C11H12ClN3O2S.ClH/c12-10-5-8(6-13)1-2-11(10)18(16,17)15-4-3-9(14)7-15;/h1-2,5,9H,3-4,7,14H2;1H/t9-;/m0./s1. The van der Waals surface area contributed by atoms with Gasteiger partial charge in [-0.1, -0.05) is 11.6 Å². The van der Waals surface area contributed by atoms with Crippen LogP contribution in [-0.4, -0.2) is 31.9 Å². The zero-order chi connectivity index (χ0) is 13.3. The third kappa shape index (κ3) is 3.19. The van der Waals surface area contributed by atoms with E-state index in [9.17, 15) is 8.42 Å². The molecule has 1 aliphatic rings. The molecule has 5 nitrogen and oxygen atoms in total. The normalized spacial score (nSPS) is 19.7. The molecule has 0 spiro atoms. The molecule has 0 radical (unpaired) electrons. The first-order valence-electron chi connectivity index (χ1n) is 5.40. The molecule has 1 heterocycles. The average molecular weight is 322 g/mol. The fraction of sp³-hybridized carbons (Fsp3) is 0.364. The summed E-state index contributed by atoms with van der Waals surface area (Å²) < 4.78 is 25.9. The van der Waals surface area contributed by atoms with Gasteiger partial charge in [-0.25, -0.2) is 8.42 Å². The second-order valence-corrected chi connectivity index (χ2v) is 6.48. The van der Waals surface area contributed by atoms with E-state index in [2.05, 4.69) is 0 Å². The van der Waals surface area contributed by atoms with Crippen LogP contribution in [0.1, 0.15) is 12.0 Å². The quantitative estimate of drug-likeness (QED) is 0.890. The Morgan fingerprint density at radius 2 is 2.16 bits per heavy atom.